The Hall–Kier alpha value is -3.77. The van der Waals surface area contributed by atoms with Crippen molar-refractivity contribution in [3.63, 3.8) is 0 Å². The number of hydrogen-bond donors (Lipinski definition) is 3. The van der Waals surface area contributed by atoms with Crippen molar-refractivity contribution in [2.75, 3.05) is 6.61 Å². The topological polar surface area (TPSA) is 91.4 Å². The van der Waals surface area contributed by atoms with Crippen LogP contribution in [0.15, 0.2) is 72.9 Å². The molecule has 4 aromatic rings. The number of aromatic amines is 1. The van der Waals surface area contributed by atoms with E-state index in [2.05, 4.69) is 22.4 Å². The molecule has 0 saturated carbocycles. The molecule has 5 rings (SSSR count). The number of nitrogens with one attached hydrogen (secondary N) is 2. The van der Waals surface area contributed by atoms with Crippen LogP contribution in [0.25, 0.3) is 22.0 Å². The molecule has 1 aliphatic rings. The van der Waals surface area contributed by atoms with Gasteiger partial charge in [-0.25, -0.2) is 9.59 Å². The van der Waals surface area contributed by atoms with Gasteiger partial charge in [0, 0.05) is 29.4 Å². The maximum absolute atomic E-state index is 12.5. The summed E-state index contributed by atoms with van der Waals surface area (Å²) in [4.78, 5) is 27.4. The summed E-state index contributed by atoms with van der Waals surface area (Å²) < 4.78 is 5.49. The summed E-state index contributed by atoms with van der Waals surface area (Å²) in [7, 11) is 0. The Morgan fingerprint density at radius 1 is 1.03 bits per heavy atom. The first-order valence-corrected chi connectivity index (χ1v) is 11.0. The number of ether oxygens (including phenoxy) is 1. The van der Waals surface area contributed by atoms with Crippen molar-refractivity contribution in [1.82, 2.24) is 10.3 Å². The third kappa shape index (κ3) is 4.05. The van der Waals surface area contributed by atoms with Crippen LogP contribution >= 0.6 is 11.6 Å². The molecule has 0 unspecified atom stereocenters. The largest absolute Gasteiger partial charge is 0.480 e. The molecule has 166 valence electrons. The molecule has 0 saturated heterocycles. The van der Waals surface area contributed by atoms with Crippen LogP contribution in [0.1, 0.15) is 22.6 Å². The minimum atomic E-state index is -1.13. The van der Waals surface area contributed by atoms with Gasteiger partial charge in [0.2, 0.25) is 0 Å². The van der Waals surface area contributed by atoms with Gasteiger partial charge in [-0.3, -0.25) is 0 Å². The fourth-order valence-electron chi connectivity index (χ4n) is 4.48. The average Bonchev–Trinajstić information content (AvgIpc) is 3.35. The van der Waals surface area contributed by atoms with E-state index in [1.165, 1.54) is 0 Å². The van der Waals surface area contributed by atoms with Crippen LogP contribution in [0.5, 0.6) is 0 Å². The zero-order valence-corrected chi connectivity index (χ0v) is 18.3. The highest BCUT2D eigenvalue weighted by molar-refractivity contribution is 6.35. The molecule has 33 heavy (non-hydrogen) atoms. The zero-order chi connectivity index (χ0) is 22.9. The summed E-state index contributed by atoms with van der Waals surface area (Å²) in [5.41, 5.74) is 6.02. The number of H-pyrrole nitrogens is 1. The first-order valence-electron chi connectivity index (χ1n) is 10.6. The van der Waals surface area contributed by atoms with E-state index in [1.54, 1.807) is 12.3 Å². The molecule has 0 aliphatic heterocycles. The van der Waals surface area contributed by atoms with Crippen LogP contribution in [0.4, 0.5) is 4.79 Å². The summed E-state index contributed by atoms with van der Waals surface area (Å²) in [6.07, 6.45) is 1.04. The van der Waals surface area contributed by atoms with Crippen LogP contribution in [0, 0.1) is 0 Å². The molecule has 7 heteroatoms. The van der Waals surface area contributed by atoms with Crippen molar-refractivity contribution in [2.24, 2.45) is 0 Å². The number of hydrogen-bond acceptors (Lipinski definition) is 3. The monoisotopic (exact) mass is 460 g/mol. The first kappa shape index (κ1) is 21.1. The van der Waals surface area contributed by atoms with Crippen LogP contribution in [-0.2, 0) is 16.0 Å². The lowest BCUT2D eigenvalue weighted by Crippen LogP contribution is -2.42. The van der Waals surface area contributed by atoms with Gasteiger partial charge in [0.1, 0.15) is 12.6 Å². The lowest BCUT2D eigenvalue weighted by molar-refractivity contribution is -0.139. The van der Waals surface area contributed by atoms with Crippen molar-refractivity contribution in [1.29, 1.82) is 0 Å². The number of aliphatic carboxylic acids is 1. The maximum Gasteiger partial charge on any atom is 0.407 e. The second-order valence-electron chi connectivity index (χ2n) is 8.08. The van der Waals surface area contributed by atoms with Gasteiger partial charge in [-0.2, -0.15) is 0 Å². The van der Waals surface area contributed by atoms with E-state index >= 15 is 0 Å². The number of carboxylic acids is 1. The molecule has 6 nitrogen and oxygen atoms in total. The Morgan fingerprint density at radius 3 is 2.36 bits per heavy atom. The van der Waals surface area contributed by atoms with Gasteiger partial charge in [0.05, 0.1) is 5.02 Å². The number of carbonyl (C=O) groups is 2. The Bertz CT molecular complexity index is 1320. The number of benzene rings is 3. The van der Waals surface area contributed by atoms with Gasteiger partial charge in [-0.15, -0.1) is 0 Å². The third-order valence-corrected chi connectivity index (χ3v) is 6.38. The highest BCUT2D eigenvalue weighted by atomic mass is 35.5. The van der Waals surface area contributed by atoms with Crippen molar-refractivity contribution in [3.8, 4) is 11.1 Å². The zero-order valence-electron chi connectivity index (χ0n) is 17.5. The minimum Gasteiger partial charge on any atom is -0.480 e. The summed E-state index contributed by atoms with van der Waals surface area (Å²) in [5, 5.41) is 13.6. The quantitative estimate of drug-likeness (QED) is 0.361. The molecule has 1 amide bonds. The van der Waals surface area contributed by atoms with Crippen LogP contribution in [0.2, 0.25) is 5.02 Å². The van der Waals surface area contributed by atoms with E-state index in [0.717, 1.165) is 38.7 Å². The summed E-state index contributed by atoms with van der Waals surface area (Å²) in [5.74, 6) is -1.22. The lowest BCUT2D eigenvalue weighted by Gasteiger charge is -2.17. The summed E-state index contributed by atoms with van der Waals surface area (Å²) in [6.45, 7) is 0.124. The van der Waals surface area contributed by atoms with Crippen LogP contribution in [-0.4, -0.2) is 34.8 Å². The van der Waals surface area contributed by atoms with Gasteiger partial charge in [-0.05, 0) is 33.9 Å². The highest BCUT2D eigenvalue weighted by Gasteiger charge is 2.29. The van der Waals surface area contributed by atoms with Crippen molar-refractivity contribution >= 4 is 34.6 Å². The van der Waals surface area contributed by atoms with E-state index in [0.29, 0.717) is 5.02 Å². The van der Waals surface area contributed by atoms with Gasteiger partial charge in [0.25, 0.3) is 0 Å². The van der Waals surface area contributed by atoms with Crippen LogP contribution in [0.3, 0.4) is 0 Å². The molecule has 3 aromatic carbocycles. The number of fused-ring (bicyclic) bond motifs is 4. The Kier molecular flexibility index (Phi) is 5.52. The number of amides is 1. The van der Waals surface area contributed by atoms with E-state index in [4.69, 9.17) is 16.3 Å². The Balaban J connectivity index is 1.27. The molecular formula is C26H21ClN2O4. The maximum atomic E-state index is 12.5. The molecular weight excluding hydrogens is 440 g/mol. The number of rotatable bonds is 6. The number of aromatic nitrogens is 1. The second kappa shape index (κ2) is 8.64. The molecule has 1 aromatic heterocycles. The van der Waals surface area contributed by atoms with Gasteiger partial charge in [0.15, 0.2) is 0 Å². The van der Waals surface area contributed by atoms with E-state index in [-0.39, 0.29) is 18.9 Å². The first-order chi connectivity index (χ1) is 16.0. The number of carbonyl (C=O) groups excluding carboxylic acids is 1. The molecule has 1 atom stereocenters. The molecule has 3 N–H and O–H groups in total. The van der Waals surface area contributed by atoms with Crippen LogP contribution < -0.4 is 5.32 Å². The summed E-state index contributed by atoms with van der Waals surface area (Å²) in [6, 6.07) is 20.4. The Morgan fingerprint density at radius 2 is 1.70 bits per heavy atom. The number of carboxylic acid groups (broad SMARTS) is 1. The van der Waals surface area contributed by atoms with Gasteiger partial charge < -0.3 is 20.1 Å². The molecule has 1 heterocycles. The van der Waals surface area contributed by atoms with Crippen molar-refractivity contribution in [3.05, 3.63) is 94.6 Å². The molecule has 0 spiro atoms. The molecule has 0 radical (unpaired) electrons. The second-order valence-corrected chi connectivity index (χ2v) is 8.49. The Labute approximate surface area is 195 Å². The SMILES string of the molecule is O=C(N[C@@H](Cc1ccc2c(Cl)c[nH]c2c1)C(=O)O)OCC1c2ccccc2-c2ccccc21. The lowest BCUT2D eigenvalue weighted by atomic mass is 9.98. The molecule has 0 fully saturated rings. The van der Waals surface area contributed by atoms with Crippen molar-refractivity contribution < 1.29 is 19.4 Å². The summed E-state index contributed by atoms with van der Waals surface area (Å²) >= 11 is 6.10. The van der Waals surface area contributed by atoms with E-state index in [1.807, 2.05) is 48.5 Å². The molecule has 0 bridgehead atoms. The van der Waals surface area contributed by atoms with Crippen molar-refractivity contribution in [2.45, 2.75) is 18.4 Å². The fourth-order valence-corrected chi connectivity index (χ4v) is 4.70. The smallest absolute Gasteiger partial charge is 0.407 e. The predicted molar refractivity (Wildman–Crippen MR) is 127 cm³/mol. The minimum absolute atomic E-state index is 0.0912. The van der Waals surface area contributed by atoms with Gasteiger partial charge in [-0.1, -0.05) is 72.3 Å². The molecule has 1 aliphatic carbocycles. The third-order valence-electron chi connectivity index (χ3n) is 6.07. The van der Waals surface area contributed by atoms with E-state index < -0.39 is 18.1 Å². The van der Waals surface area contributed by atoms with Gasteiger partial charge >= 0.3 is 12.1 Å². The normalized spacial score (nSPS) is 13.4. The van der Waals surface area contributed by atoms with E-state index in [9.17, 15) is 14.7 Å². The number of halogens is 1. The standard InChI is InChI=1S/C26H21ClN2O4/c27-22-13-28-23-11-15(9-10-20(22)23)12-24(25(30)31)29-26(32)33-14-21-18-7-3-1-5-16(18)17-6-2-4-8-19(17)21/h1-11,13,21,24,28H,12,14H2,(H,29,32)(H,30,31)/t24-/m0/s1. The average molecular weight is 461 g/mol. The predicted octanol–water partition coefficient (Wildman–Crippen LogP) is 5.36. The fraction of sp³-hybridized carbons (Fsp3) is 0.154. The highest BCUT2D eigenvalue weighted by Crippen LogP contribution is 2.44. The number of alkyl carbamates (subject to hydrolysis) is 1.